The monoisotopic (exact) mass is 436 g/mol. The molecule has 31 heavy (non-hydrogen) atoms. The number of imidazole rings is 1. The average molecular weight is 437 g/mol. The second-order valence-corrected chi connectivity index (χ2v) is 8.80. The molecule has 1 aromatic carbocycles. The van der Waals surface area contributed by atoms with E-state index in [1.807, 2.05) is 36.7 Å². The minimum absolute atomic E-state index is 0.181. The molecule has 2 aliphatic heterocycles. The van der Waals surface area contributed by atoms with E-state index in [1.54, 1.807) is 6.33 Å². The van der Waals surface area contributed by atoms with Crippen LogP contribution in [-0.4, -0.2) is 42.7 Å². The average Bonchev–Trinajstić information content (AvgIpc) is 3.54. The van der Waals surface area contributed by atoms with E-state index in [4.69, 9.17) is 26.0 Å². The van der Waals surface area contributed by atoms with Crippen LogP contribution >= 0.6 is 11.6 Å². The lowest BCUT2D eigenvalue weighted by Crippen LogP contribution is -2.09. The second kappa shape index (κ2) is 7.03. The Morgan fingerprint density at radius 1 is 1.23 bits per heavy atom. The SMILES string of the molecule is CC(C)c1noc(-c2ncn3c2Cc2cn(C4CCOC4)nc2-c2cc(Cl)ccc2-3)n1. The summed E-state index contributed by atoms with van der Waals surface area (Å²) in [4.78, 5) is 9.22. The summed E-state index contributed by atoms with van der Waals surface area (Å²) in [6.45, 7) is 5.53. The van der Waals surface area contributed by atoms with Gasteiger partial charge < -0.3 is 13.8 Å². The quantitative estimate of drug-likeness (QED) is 0.416. The molecule has 8 nitrogen and oxygen atoms in total. The van der Waals surface area contributed by atoms with Crippen LogP contribution in [0.5, 0.6) is 0 Å². The fourth-order valence-electron chi connectivity index (χ4n) is 4.29. The van der Waals surface area contributed by atoms with Gasteiger partial charge in [0.25, 0.3) is 5.89 Å². The highest BCUT2D eigenvalue weighted by atomic mass is 35.5. The van der Waals surface area contributed by atoms with Crippen molar-refractivity contribution in [3.63, 3.8) is 0 Å². The largest absolute Gasteiger partial charge is 0.379 e. The van der Waals surface area contributed by atoms with Crippen LogP contribution in [0.1, 0.15) is 49.3 Å². The van der Waals surface area contributed by atoms with Crippen LogP contribution in [0.25, 0.3) is 28.5 Å². The number of ether oxygens (including phenoxy) is 1. The van der Waals surface area contributed by atoms with Crippen molar-refractivity contribution in [2.45, 2.75) is 38.6 Å². The van der Waals surface area contributed by atoms with Crippen LogP contribution in [0, 0.1) is 0 Å². The molecule has 0 N–H and O–H groups in total. The third-order valence-electron chi connectivity index (χ3n) is 5.95. The van der Waals surface area contributed by atoms with E-state index in [0.717, 1.165) is 41.2 Å². The van der Waals surface area contributed by atoms with Crippen LogP contribution in [0.15, 0.2) is 35.2 Å². The molecule has 1 saturated heterocycles. The van der Waals surface area contributed by atoms with Gasteiger partial charge in [-0.3, -0.25) is 4.68 Å². The summed E-state index contributed by atoms with van der Waals surface area (Å²) in [5.41, 5.74) is 5.70. The van der Waals surface area contributed by atoms with Crippen molar-refractivity contribution in [3.8, 4) is 28.5 Å². The van der Waals surface area contributed by atoms with Crippen molar-refractivity contribution in [1.29, 1.82) is 0 Å². The molecule has 0 saturated carbocycles. The summed E-state index contributed by atoms with van der Waals surface area (Å²) in [6.07, 6.45) is 5.54. The Balaban J connectivity index is 1.53. The first-order chi connectivity index (χ1) is 15.1. The highest BCUT2D eigenvalue weighted by Gasteiger charge is 2.29. The first kappa shape index (κ1) is 18.8. The van der Waals surface area contributed by atoms with Crippen molar-refractivity contribution in [1.82, 2.24) is 29.5 Å². The molecule has 0 amide bonds. The van der Waals surface area contributed by atoms with Gasteiger partial charge in [0.1, 0.15) is 6.33 Å². The zero-order chi connectivity index (χ0) is 21.1. The van der Waals surface area contributed by atoms with Gasteiger partial charge in [0, 0.05) is 41.3 Å². The molecule has 3 aromatic heterocycles. The molecule has 0 aliphatic carbocycles. The first-order valence-electron chi connectivity index (χ1n) is 10.4. The second-order valence-electron chi connectivity index (χ2n) is 8.36. The van der Waals surface area contributed by atoms with E-state index < -0.39 is 0 Å². The standard InChI is InChI=1S/C22H21ClN6O2/c1-12(2)21-25-22(31-27-21)20-18-7-13-9-29(15-5-6-30-10-15)26-19(13)16-8-14(23)3-4-17(16)28(18)11-24-20/h3-4,8-9,11-12,15H,5-7,10H2,1-2H3. The van der Waals surface area contributed by atoms with Gasteiger partial charge in [-0.1, -0.05) is 30.6 Å². The maximum atomic E-state index is 6.38. The maximum Gasteiger partial charge on any atom is 0.278 e. The molecule has 0 spiro atoms. The molecule has 6 rings (SSSR count). The van der Waals surface area contributed by atoms with Gasteiger partial charge in [-0.25, -0.2) is 4.98 Å². The Kier molecular flexibility index (Phi) is 4.26. The lowest BCUT2D eigenvalue weighted by atomic mass is 10.0. The minimum atomic E-state index is 0.181. The Morgan fingerprint density at radius 3 is 2.90 bits per heavy atom. The van der Waals surface area contributed by atoms with E-state index in [-0.39, 0.29) is 12.0 Å². The summed E-state index contributed by atoms with van der Waals surface area (Å²) < 4.78 is 15.3. The fourth-order valence-corrected chi connectivity index (χ4v) is 4.46. The van der Waals surface area contributed by atoms with Crippen molar-refractivity contribution < 1.29 is 9.26 Å². The highest BCUT2D eigenvalue weighted by Crippen LogP contribution is 2.39. The van der Waals surface area contributed by atoms with Crippen LogP contribution in [0.2, 0.25) is 5.02 Å². The van der Waals surface area contributed by atoms with Gasteiger partial charge in [0.05, 0.1) is 29.7 Å². The molecule has 4 aromatic rings. The van der Waals surface area contributed by atoms with Crippen molar-refractivity contribution in [2.75, 3.05) is 13.2 Å². The molecular formula is C22H21ClN6O2. The third kappa shape index (κ3) is 3.01. The van der Waals surface area contributed by atoms with Gasteiger partial charge >= 0.3 is 0 Å². The summed E-state index contributed by atoms with van der Waals surface area (Å²) in [7, 11) is 0. The number of aromatic nitrogens is 6. The molecule has 1 unspecified atom stereocenters. The molecule has 1 atom stereocenters. The number of rotatable bonds is 3. The zero-order valence-electron chi connectivity index (χ0n) is 17.2. The fraction of sp³-hybridized carbons (Fsp3) is 0.364. The topological polar surface area (TPSA) is 83.8 Å². The lowest BCUT2D eigenvalue weighted by Gasteiger charge is -2.11. The number of hydrogen-bond acceptors (Lipinski definition) is 6. The molecule has 0 radical (unpaired) electrons. The van der Waals surface area contributed by atoms with Crippen molar-refractivity contribution in [2.24, 2.45) is 0 Å². The Bertz CT molecular complexity index is 1280. The predicted molar refractivity (Wildman–Crippen MR) is 114 cm³/mol. The van der Waals surface area contributed by atoms with E-state index in [1.165, 1.54) is 0 Å². The zero-order valence-corrected chi connectivity index (χ0v) is 18.0. The molecule has 158 valence electrons. The smallest absolute Gasteiger partial charge is 0.278 e. The van der Waals surface area contributed by atoms with Gasteiger partial charge in [-0.05, 0) is 24.6 Å². The number of hydrogen-bond donors (Lipinski definition) is 0. The highest BCUT2D eigenvalue weighted by molar-refractivity contribution is 6.31. The van der Waals surface area contributed by atoms with Crippen molar-refractivity contribution >= 4 is 11.6 Å². The molecule has 5 heterocycles. The third-order valence-corrected chi connectivity index (χ3v) is 6.18. The first-order valence-corrected chi connectivity index (χ1v) is 10.8. The Hall–Kier alpha value is -2.97. The summed E-state index contributed by atoms with van der Waals surface area (Å²) in [5.74, 6) is 1.29. The molecular weight excluding hydrogens is 416 g/mol. The number of nitrogens with zero attached hydrogens (tertiary/aromatic N) is 6. The van der Waals surface area contributed by atoms with Crippen LogP contribution in [0.3, 0.4) is 0 Å². The maximum absolute atomic E-state index is 6.38. The molecule has 2 aliphatic rings. The molecule has 0 bridgehead atoms. The van der Waals surface area contributed by atoms with E-state index in [9.17, 15) is 0 Å². The molecule has 9 heteroatoms. The summed E-state index contributed by atoms with van der Waals surface area (Å²) >= 11 is 6.38. The number of fused-ring (bicyclic) bond motifs is 5. The normalized spacial score (nSPS) is 17.5. The predicted octanol–water partition coefficient (Wildman–Crippen LogP) is 4.43. The van der Waals surface area contributed by atoms with Gasteiger partial charge in [0.15, 0.2) is 11.5 Å². The number of halogens is 1. The van der Waals surface area contributed by atoms with E-state index in [0.29, 0.717) is 35.5 Å². The van der Waals surface area contributed by atoms with Crippen LogP contribution in [-0.2, 0) is 11.2 Å². The Labute approximate surface area is 183 Å². The minimum Gasteiger partial charge on any atom is -0.379 e. The molecule has 1 fully saturated rings. The lowest BCUT2D eigenvalue weighted by molar-refractivity contribution is 0.184. The van der Waals surface area contributed by atoms with Crippen LogP contribution in [0.4, 0.5) is 0 Å². The summed E-state index contributed by atoms with van der Waals surface area (Å²) in [5, 5.41) is 9.75. The van der Waals surface area contributed by atoms with Gasteiger partial charge in [-0.15, -0.1) is 0 Å². The van der Waals surface area contributed by atoms with E-state index >= 15 is 0 Å². The Morgan fingerprint density at radius 2 is 2.13 bits per heavy atom. The summed E-state index contributed by atoms with van der Waals surface area (Å²) in [6, 6.07) is 6.12. The van der Waals surface area contributed by atoms with Gasteiger partial charge in [-0.2, -0.15) is 10.1 Å². The van der Waals surface area contributed by atoms with Gasteiger partial charge in [0.2, 0.25) is 0 Å². The number of benzene rings is 1. The van der Waals surface area contributed by atoms with Crippen LogP contribution < -0.4 is 0 Å². The van der Waals surface area contributed by atoms with E-state index in [2.05, 4.69) is 25.9 Å². The van der Waals surface area contributed by atoms with Crippen molar-refractivity contribution in [3.05, 3.63) is 52.8 Å².